The molecule has 0 aliphatic carbocycles. The zero-order valence-corrected chi connectivity index (χ0v) is 12.6. The van der Waals surface area contributed by atoms with Crippen LogP contribution in [-0.4, -0.2) is 16.6 Å². The first-order valence-corrected chi connectivity index (χ1v) is 8.22. The number of benzene rings is 1. The first-order valence-electron chi connectivity index (χ1n) is 6.35. The van der Waals surface area contributed by atoms with E-state index in [-0.39, 0.29) is 17.1 Å². The Kier molecular flexibility index (Phi) is 3.81. The number of amides is 1. The minimum Gasteiger partial charge on any atom is -0.321 e. The van der Waals surface area contributed by atoms with Crippen LogP contribution >= 0.6 is 23.1 Å². The molecule has 2 aromatic rings. The molecule has 0 saturated carbocycles. The molecule has 1 aromatic carbocycles. The number of carbonyl (C=O) groups is 1. The minimum absolute atomic E-state index is 0.0891. The lowest BCUT2D eigenvalue weighted by Gasteiger charge is -2.23. The maximum Gasteiger partial charge on any atom is 0.234 e. The molecule has 1 amide bonds. The normalized spacial score (nSPS) is 18.8. The molecule has 0 radical (unpaired) electrons. The number of thiophene rings is 1. The highest BCUT2D eigenvalue weighted by molar-refractivity contribution is 8.00. The van der Waals surface area contributed by atoms with Crippen LogP contribution in [0.3, 0.4) is 0 Å². The Labute approximate surface area is 125 Å². The molecular formula is C15H14FNOS2. The first kappa shape index (κ1) is 13.6. The summed E-state index contributed by atoms with van der Waals surface area (Å²) in [6.07, 6.45) is 0. The van der Waals surface area contributed by atoms with E-state index in [0.717, 1.165) is 5.56 Å². The van der Waals surface area contributed by atoms with Crippen LogP contribution in [0.25, 0.3) is 0 Å². The van der Waals surface area contributed by atoms with Crippen molar-refractivity contribution in [2.45, 2.75) is 18.8 Å². The second-order valence-corrected chi connectivity index (χ2v) is 7.15. The molecule has 1 unspecified atom stereocenters. The summed E-state index contributed by atoms with van der Waals surface area (Å²) in [4.78, 5) is 16.4. The van der Waals surface area contributed by atoms with E-state index in [4.69, 9.17) is 0 Å². The highest BCUT2D eigenvalue weighted by Crippen LogP contribution is 2.42. The molecule has 20 heavy (non-hydrogen) atoms. The molecule has 0 spiro atoms. The van der Waals surface area contributed by atoms with Crippen molar-refractivity contribution < 1.29 is 9.18 Å². The van der Waals surface area contributed by atoms with Gasteiger partial charge in [0.05, 0.1) is 5.75 Å². The Bertz CT molecular complexity index is 623. The van der Waals surface area contributed by atoms with Gasteiger partial charge in [0.15, 0.2) is 0 Å². The zero-order valence-electron chi connectivity index (χ0n) is 11.0. The Morgan fingerprint density at radius 3 is 2.65 bits per heavy atom. The molecule has 1 saturated heterocycles. The number of hydrogen-bond acceptors (Lipinski definition) is 3. The van der Waals surface area contributed by atoms with Crippen LogP contribution in [0.1, 0.15) is 20.7 Å². The third-order valence-corrected chi connectivity index (χ3v) is 5.68. The van der Waals surface area contributed by atoms with Gasteiger partial charge in [-0.15, -0.1) is 23.1 Å². The smallest absolute Gasteiger partial charge is 0.234 e. The molecule has 2 nitrogen and oxygen atoms in total. The number of nitrogens with zero attached hydrogens (tertiary/aromatic N) is 1. The van der Waals surface area contributed by atoms with Crippen LogP contribution in [0.4, 0.5) is 4.39 Å². The van der Waals surface area contributed by atoms with E-state index in [0.29, 0.717) is 12.3 Å². The predicted octanol–water partition coefficient (Wildman–Crippen LogP) is 3.97. The quantitative estimate of drug-likeness (QED) is 0.855. The summed E-state index contributed by atoms with van der Waals surface area (Å²) in [5, 5.41) is 0.0891. The van der Waals surface area contributed by atoms with Gasteiger partial charge in [-0.2, -0.15) is 0 Å². The van der Waals surface area contributed by atoms with Gasteiger partial charge < -0.3 is 4.90 Å². The molecule has 0 N–H and O–H groups in total. The van der Waals surface area contributed by atoms with Crippen molar-refractivity contribution in [2.75, 3.05) is 5.75 Å². The fraction of sp³-hybridized carbons (Fsp3) is 0.267. The third-order valence-electron chi connectivity index (χ3n) is 3.24. The lowest BCUT2D eigenvalue weighted by Crippen LogP contribution is -2.27. The highest BCUT2D eigenvalue weighted by Gasteiger charge is 2.33. The van der Waals surface area contributed by atoms with E-state index in [1.807, 2.05) is 4.90 Å². The summed E-state index contributed by atoms with van der Waals surface area (Å²) < 4.78 is 12.9. The van der Waals surface area contributed by atoms with Gasteiger partial charge in [0.2, 0.25) is 5.91 Å². The molecule has 5 heteroatoms. The fourth-order valence-electron chi connectivity index (χ4n) is 2.23. The number of hydrogen-bond donors (Lipinski definition) is 0. The second kappa shape index (κ2) is 5.58. The summed E-state index contributed by atoms with van der Waals surface area (Å²) in [5.74, 6) is 0.416. The number of aryl methyl sites for hydroxylation is 1. The maximum absolute atomic E-state index is 12.9. The van der Waals surface area contributed by atoms with Crippen LogP contribution in [0.2, 0.25) is 0 Å². The van der Waals surface area contributed by atoms with Crippen molar-refractivity contribution in [3.63, 3.8) is 0 Å². The molecule has 1 fully saturated rings. The Morgan fingerprint density at radius 2 is 2.00 bits per heavy atom. The van der Waals surface area contributed by atoms with Gasteiger partial charge in [0, 0.05) is 16.3 Å². The Balaban J connectivity index is 1.82. The van der Waals surface area contributed by atoms with Gasteiger partial charge in [-0.05, 0) is 36.8 Å². The summed E-state index contributed by atoms with van der Waals surface area (Å²) >= 11 is 3.39. The van der Waals surface area contributed by atoms with Crippen LogP contribution in [-0.2, 0) is 11.3 Å². The average molecular weight is 307 g/mol. The maximum atomic E-state index is 12.9. The molecule has 1 atom stereocenters. The third kappa shape index (κ3) is 2.74. The predicted molar refractivity (Wildman–Crippen MR) is 81.2 cm³/mol. The van der Waals surface area contributed by atoms with Gasteiger partial charge in [0.25, 0.3) is 0 Å². The largest absolute Gasteiger partial charge is 0.321 e. The summed E-state index contributed by atoms with van der Waals surface area (Å²) in [6.45, 7) is 2.60. The van der Waals surface area contributed by atoms with Gasteiger partial charge in [-0.1, -0.05) is 12.1 Å². The first-order chi connectivity index (χ1) is 9.63. The van der Waals surface area contributed by atoms with E-state index in [2.05, 4.69) is 19.1 Å². The topological polar surface area (TPSA) is 20.3 Å². The molecule has 1 aliphatic heterocycles. The SMILES string of the molecule is Cc1ccc(C2SCC(=O)N2Cc2ccc(F)cc2)s1. The van der Waals surface area contributed by atoms with Crippen LogP contribution < -0.4 is 0 Å². The van der Waals surface area contributed by atoms with E-state index in [1.165, 1.54) is 21.9 Å². The summed E-state index contributed by atoms with van der Waals surface area (Å²) in [7, 11) is 0. The molecule has 2 heterocycles. The van der Waals surface area contributed by atoms with Gasteiger partial charge in [-0.3, -0.25) is 4.79 Å². The standard InChI is InChI=1S/C15H14FNOS2/c1-10-2-7-13(20-10)15-17(14(18)9-19-15)8-11-3-5-12(16)6-4-11/h2-7,15H,8-9H2,1H3. The van der Waals surface area contributed by atoms with Crippen molar-refractivity contribution in [2.24, 2.45) is 0 Å². The van der Waals surface area contributed by atoms with Crippen molar-refractivity contribution in [1.82, 2.24) is 4.90 Å². The van der Waals surface area contributed by atoms with Gasteiger partial charge in [0.1, 0.15) is 11.2 Å². The number of carbonyl (C=O) groups excluding carboxylic acids is 1. The van der Waals surface area contributed by atoms with E-state index in [1.54, 1.807) is 35.2 Å². The molecule has 1 aliphatic rings. The Morgan fingerprint density at radius 1 is 1.25 bits per heavy atom. The highest BCUT2D eigenvalue weighted by atomic mass is 32.2. The summed E-state index contributed by atoms with van der Waals surface area (Å²) in [5.41, 5.74) is 0.959. The fourth-order valence-corrected chi connectivity index (χ4v) is 4.53. The van der Waals surface area contributed by atoms with Crippen molar-refractivity contribution in [1.29, 1.82) is 0 Å². The minimum atomic E-state index is -0.249. The van der Waals surface area contributed by atoms with Crippen LogP contribution in [0, 0.1) is 12.7 Å². The van der Waals surface area contributed by atoms with Gasteiger partial charge in [-0.25, -0.2) is 4.39 Å². The van der Waals surface area contributed by atoms with E-state index < -0.39 is 0 Å². The molecular weight excluding hydrogens is 293 g/mol. The zero-order chi connectivity index (χ0) is 14.1. The number of thioether (sulfide) groups is 1. The molecule has 104 valence electrons. The van der Waals surface area contributed by atoms with Crippen molar-refractivity contribution in [3.05, 3.63) is 57.5 Å². The number of rotatable bonds is 3. The van der Waals surface area contributed by atoms with Crippen LogP contribution in [0.15, 0.2) is 36.4 Å². The van der Waals surface area contributed by atoms with Crippen LogP contribution in [0.5, 0.6) is 0 Å². The van der Waals surface area contributed by atoms with E-state index >= 15 is 0 Å². The van der Waals surface area contributed by atoms with Gasteiger partial charge >= 0.3 is 0 Å². The van der Waals surface area contributed by atoms with Crippen molar-refractivity contribution >= 4 is 29.0 Å². The average Bonchev–Trinajstić information content (AvgIpc) is 3.00. The Hall–Kier alpha value is -1.33. The van der Waals surface area contributed by atoms with E-state index in [9.17, 15) is 9.18 Å². The second-order valence-electron chi connectivity index (χ2n) is 4.76. The lowest BCUT2D eigenvalue weighted by atomic mass is 10.2. The molecule has 0 bridgehead atoms. The lowest BCUT2D eigenvalue weighted by molar-refractivity contribution is -0.128. The number of halogens is 1. The molecule has 1 aromatic heterocycles. The van der Waals surface area contributed by atoms with Crippen molar-refractivity contribution in [3.8, 4) is 0 Å². The monoisotopic (exact) mass is 307 g/mol. The summed E-state index contributed by atoms with van der Waals surface area (Å²) in [6, 6.07) is 10.5. The molecule has 3 rings (SSSR count).